The molecule has 0 spiro atoms. The minimum absolute atomic E-state index is 0.0216. The van der Waals surface area contributed by atoms with Crippen LogP contribution in [-0.4, -0.2) is 53.1 Å². The molecule has 11 heteroatoms. The smallest absolute Gasteiger partial charge is 0.360 e. The number of imide groups is 1. The Morgan fingerprint density at radius 2 is 1.90 bits per heavy atom. The summed E-state index contributed by atoms with van der Waals surface area (Å²) in [4.78, 5) is 44.9. The number of amides is 3. The lowest BCUT2D eigenvalue weighted by atomic mass is 10.2. The molecule has 0 bridgehead atoms. The second-order valence-corrected chi connectivity index (χ2v) is 3.70. The van der Waals surface area contributed by atoms with E-state index in [9.17, 15) is 19.2 Å². The van der Waals surface area contributed by atoms with E-state index in [0.29, 0.717) is 0 Å². The normalized spacial score (nSPS) is 9.81. The first-order valence-corrected chi connectivity index (χ1v) is 5.55. The number of rotatable bonds is 5. The molecule has 0 aliphatic carbocycles. The van der Waals surface area contributed by atoms with Crippen LogP contribution in [0.5, 0.6) is 0 Å². The average Bonchev–Trinajstić information content (AvgIpc) is 2.79. The van der Waals surface area contributed by atoms with Gasteiger partial charge in [0.15, 0.2) is 5.69 Å². The Morgan fingerprint density at radius 3 is 2.43 bits per heavy atom. The number of carbonyl (C=O) groups excluding carboxylic acids is 4. The third-order valence-corrected chi connectivity index (χ3v) is 2.31. The maximum atomic E-state index is 11.5. The van der Waals surface area contributed by atoms with Gasteiger partial charge in [-0.05, 0) is 0 Å². The lowest BCUT2D eigenvalue weighted by Gasteiger charge is -2.06. The van der Waals surface area contributed by atoms with Crippen LogP contribution in [0, 0.1) is 0 Å². The van der Waals surface area contributed by atoms with Crippen LogP contribution >= 0.6 is 0 Å². The van der Waals surface area contributed by atoms with Gasteiger partial charge in [0.1, 0.15) is 6.54 Å². The van der Waals surface area contributed by atoms with Gasteiger partial charge in [0.2, 0.25) is 5.91 Å². The van der Waals surface area contributed by atoms with Gasteiger partial charge in [0.05, 0.1) is 26.3 Å². The standard InChI is InChI=1S/C10H13N5O6/c1-20-7(17)3-5-8(9(18)21-2)13-14-15(5)4-6(16)12-10(11)19/h3-4H2,1-2H3,(H3,11,12,16,19). The average molecular weight is 299 g/mol. The molecule has 0 aromatic carbocycles. The van der Waals surface area contributed by atoms with Crippen LogP contribution in [0.4, 0.5) is 4.79 Å². The largest absolute Gasteiger partial charge is 0.469 e. The van der Waals surface area contributed by atoms with E-state index in [-0.39, 0.29) is 17.8 Å². The minimum Gasteiger partial charge on any atom is -0.469 e. The Kier molecular flexibility index (Phi) is 5.34. The van der Waals surface area contributed by atoms with E-state index in [1.807, 2.05) is 5.32 Å². The van der Waals surface area contributed by atoms with Gasteiger partial charge in [-0.1, -0.05) is 5.21 Å². The fourth-order valence-electron chi connectivity index (χ4n) is 1.41. The van der Waals surface area contributed by atoms with Crippen molar-refractivity contribution < 1.29 is 28.7 Å². The summed E-state index contributed by atoms with van der Waals surface area (Å²) in [7, 11) is 2.29. The second kappa shape index (κ2) is 6.98. The van der Waals surface area contributed by atoms with E-state index >= 15 is 0 Å². The predicted octanol–water partition coefficient (Wildman–Crippen LogP) is -2.02. The van der Waals surface area contributed by atoms with Crippen molar-refractivity contribution in [2.45, 2.75) is 13.0 Å². The molecule has 0 saturated heterocycles. The number of primary amides is 1. The Morgan fingerprint density at radius 1 is 1.24 bits per heavy atom. The van der Waals surface area contributed by atoms with Crippen molar-refractivity contribution in [2.75, 3.05) is 14.2 Å². The lowest BCUT2D eigenvalue weighted by Crippen LogP contribution is -2.37. The highest BCUT2D eigenvalue weighted by molar-refractivity contribution is 5.93. The van der Waals surface area contributed by atoms with Gasteiger partial charge in [0, 0.05) is 0 Å². The summed E-state index contributed by atoms with van der Waals surface area (Å²) in [6, 6.07) is -1.04. The maximum Gasteiger partial charge on any atom is 0.360 e. The van der Waals surface area contributed by atoms with Crippen molar-refractivity contribution in [3.8, 4) is 0 Å². The third-order valence-electron chi connectivity index (χ3n) is 2.31. The SMILES string of the molecule is COC(=O)Cc1c(C(=O)OC)nnn1CC(=O)NC(N)=O. The summed E-state index contributed by atoms with van der Waals surface area (Å²) in [5.41, 5.74) is 4.59. The number of nitrogens with zero attached hydrogens (tertiary/aromatic N) is 3. The molecule has 1 aromatic rings. The maximum absolute atomic E-state index is 11.5. The number of esters is 2. The molecule has 0 aliphatic rings. The zero-order valence-electron chi connectivity index (χ0n) is 11.3. The number of carbonyl (C=O) groups is 4. The molecule has 21 heavy (non-hydrogen) atoms. The Labute approximate surface area is 118 Å². The Balaban J connectivity index is 3.05. The summed E-state index contributed by atoms with van der Waals surface area (Å²) in [5, 5.41) is 8.92. The summed E-state index contributed by atoms with van der Waals surface area (Å²) in [5.74, 6) is -2.27. The van der Waals surface area contributed by atoms with Crippen LogP contribution in [0.15, 0.2) is 0 Å². The summed E-state index contributed by atoms with van der Waals surface area (Å²) >= 11 is 0. The van der Waals surface area contributed by atoms with E-state index in [1.54, 1.807) is 0 Å². The van der Waals surface area contributed by atoms with Crippen molar-refractivity contribution in [1.29, 1.82) is 0 Å². The first-order valence-electron chi connectivity index (χ1n) is 5.55. The molecule has 0 fully saturated rings. The summed E-state index contributed by atoms with van der Waals surface area (Å²) in [6.07, 6.45) is -0.349. The molecule has 0 saturated carbocycles. The van der Waals surface area contributed by atoms with Crippen molar-refractivity contribution in [2.24, 2.45) is 5.73 Å². The molecule has 11 nitrogen and oxygen atoms in total. The molecule has 0 radical (unpaired) electrons. The quantitative estimate of drug-likeness (QED) is 0.590. The van der Waals surface area contributed by atoms with Crippen molar-refractivity contribution >= 4 is 23.9 Å². The topological polar surface area (TPSA) is 156 Å². The van der Waals surface area contributed by atoms with Gasteiger partial charge in [-0.15, -0.1) is 5.10 Å². The lowest BCUT2D eigenvalue weighted by molar-refractivity contribution is -0.140. The fourth-order valence-corrected chi connectivity index (χ4v) is 1.41. The van der Waals surface area contributed by atoms with Crippen LogP contribution < -0.4 is 11.1 Å². The number of urea groups is 1. The third kappa shape index (κ3) is 4.26. The number of nitrogens with two attached hydrogens (primary N) is 1. The molecule has 3 amide bonds. The second-order valence-electron chi connectivity index (χ2n) is 3.70. The number of methoxy groups -OCH3 is 2. The van der Waals surface area contributed by atoms with E-state index < -0.39 is 30.4 Å². The molecule has 1 rings (SSSR count). The highest BCUT2D eigenvalue weighted by Crippen LogP contribution is 2.09. The Bertz CT molecular complexity index is 580. The van der Waals surface area contributed by atoms with E-state index in [0.717, 1.165) is 18.9 Å². The van der Waals surface area contributed by atoms with Crippen LogP contribution in [0.25, 0.3) is 0 Å². The van der Waals surface area contributed by atoms with Crippen LogP contribution in [0.1, 0.15) is 16.2 Å². The van der Waals surface area contributed by atoms with E-state index in [1.165, 1.54) is 0 Å². The highest BCUT2D eigenvalue weighted by atomic mass is 16.5. The van der Waals surface area contributed by atoms with Crippen molar-refractivity contribution in [1.82, 2.24) is 20.3 Å². The van der Waals surface area contributed by atoms with Gasteiger partial charge in [0.25, 0.3) is 0 Å². The van der Waals surface area contributed by atoms with Gasteiger partial charge in [-0.3, -0.25) is 14.9 Å². The van der Waals surface area contributed by atoms with Crippen LogP contribution in [-0.2, 0) is 32.0 Å². The number of hydrogen-bond acceptors (Lipinski definition) is 8. The Hall–Kier alpha value is -2.98. The van der Waals surface area contributed by atoms with E-state index in [4.69, 9.17) is 5.73 Å². The fraction of sp³-hybridized carbons (Fsp3) is 0.400. The molecule has 3 N–H and O–H groups in total. The number of ether oxygens (including phenoxy) is 2. The summed E-state index contributed by atoms with van der Waals surface area (Å²) in [6.45, 7) is -0.459. The first-order chi connectivity index (χ1) is 9.88. The van der Waals surface area contributed by atoms with Gasteiger partial charge < -0.3 is 15.2 Å². The highest BCUT2D eigenvalue weighted by Gasteiger charge is 2.24. The molecular formula is C10H13N5O6. The minimum atomic E-state index is -1.04. The van der Waals surface area contributed by atoms with Gasteiger partial charge in [-0.25, -0.2) is 14.3 Å². The molecule has 1 aromatic heterocycles. The molecule has 114 valence electrons. The molecule has 0 aliphatic heterocycles. The zero-order valence-corrected chi connectivity index (χ0v) is 11.3. The first kappa shape index (κ1) is 16.1. The molecule has 0 unspecified atom stereocenters. The van der Waals surface area contributed by atoms with Crippen molar-refractivity contribution in [3.63, 3.8) is 0 Å². The molecular weight excluding hydrogens is 286 g/mol. The number of nitrogens with one attached hydrogen (secondary N) is 1. The molecule has 0 atom stereocenters. The zero-order chi connectivity index (χ0) is 16.0. The van der Waals surface area contributed by atoms with Crippen LogP contribution in [0.2, 0.25) is 0 Å². The van der Waals surface area contributed by atoms with E-state index in [2.05, 4.69) is 19.8 Å². The summed E-state index contributed by atoms with van der Waals surface area (Å²) < 4.78 is 9.95. The van der Waals surface area contributed by atoms with Gasteiger partial charge >= 0.3 is 18.0 Å². The molecule has 1 heterocycles. The van der Waals surface area contributed by atoms with Crippen molar-refractivity contribution in [3.05, 3.63) is 11.4 Å². The predicted molar refractivity (Wildman–Crippen MR) is 64.8 cm³/mol. The van der Waals surface area contributed by atoms with Gasteiger partial charge in [-0.2, -0.15) is 0 Å². The number of aromatic nitrogens is 3. The monoisotopic (exact) mass is 299 g/mol. The number of hydrogen-bond donors (Lipinski definition) is 2. The van der Waals surface area contributed by atoms with Crippen LogP contribution in [0.3, 0.4) is 0 Å².